The third kappa shape index (κ3) is 10.5. The zero-order valence-corrected chi connectivity index (χ0v) is 23.5. The summed E-state index contributed by atoms with van der Waals surface area (Å²) in [5, 5.41) is 0. The Morgan fingerprint density at radius 2 is 1.47 bits per heavy atom. The lowest BCUT2D eigenvalue weighted by atomic mass is 9.90. The maximum absolute atomic E-state index is 11.4. The fraction of sp³-hybridized carbons (Fsp3) is 0.710. The molecule has 0 saturated heterocycles. The van der Waals surface area contributed by atoms with E-state index in [0.29, 0.717) is 11.7 Å². The minimum absolute atomic E-state index is 0.317. The fourth-order valence-corrected chi connectivity index (χ4v) is 4.59. The molecule has 1 aromatic rings. The van der Waals surface area contributed by atoms with Crippen molar-refractivity contribution in [2.24, 2.45) is 17.8 Å². The van der Waals surface area contributed by atoms with Crippen molar-refractivity contribution in [3.8, 4) is 23.8 Å². The second-order valence-corrected chi connectivity index (χ2v) is 11.2. The van der Waals surface area contributed by atoms with Crippen LogP contribution in [0.25, 0.3) is 0 Å². The quantitative estimate of drug-likeness (QED) is 0.146. The number of benzene rings is 1. The third-order valence-electron chi connectivity index (χ3n) is 7.09. The SMILES string of the molecule is C#C[C@@](C)(CCC[C@H](C)CCC[C@H](C)CCCC(C)C)Oc1cc(C)c(OC(C)=O)c(C)c1C. The van der Waals surface area contributed by atoms with Gasteiger partial charge in [0, 0.05) is 6.92 Å². The van der Waals surface area contributed by atoms with E-state index in [0.717, 1.165) is 47.1 Å². The van der Waals surface area contributed by atoms with Gasteiger partial charge < -0.3 is 9.47 Å². The van der Waals surface area contributed by atoms with Crippen LogP contribution in [-0.2, 0) is 4.79 Å². The van der Waals surface area contributed by atoms with Crippen molar-refractivity contribution in [3.05, 3.63) is 22.8 Å². The molecule has 0 radical (unpaired) electrons. The molecule has 0 aliphatic carbocycles. The van der Waals surface area contributed by atoms with E-state index in [1.807, 2.05) is 33.8 Å². The van der Waals surface area contributed by atoms with Crippen molar-refractivity contribution in [1.29, 1.82) is 0 Å². The summed E-state index contributed by atoms with van der Waals surface area (Å²) in [6, 6.07) is 1.93. The summed E-state index contributed by atoms with van der Waals surface area (Å²) < 4.78 is 11.8. The van der Waals surface area contributed by atoms with E-state index in [4.69, 9.17) is 15.9 Å². The molecule has 3 atom stereocenters. The van der Waals surface area contributed by atoms with Gasteiger partial charge in [-0.15, -0.1) is 6.42 Å². The molecule has 0 aromatic heterocycles. The highest BCUT2D eigenvalue weighted by atomic mass is 16.5. The molecule has 0 aliphatic rings. The summed E-state index contributed by atoms with van der Waals surface area (Å²) in [5.74, 6) is 6.33. The second-order valence-electron chi connectivity index (χ2n) is 11.2. The van der Waals surface area contributed by atoms with Gasteiger partial charge in [-0.3, -0.25) is 4.79 Å². The highest BCUT2D eigenvalue weighted by molar-refractivity contribution is 5.71. The number of rotatable bonds is 15. The summed E-state index contributed by atoms with van der Waals surface area (Å²) in [4.78, 5) is 11.4. The van der Waals surface area contributed by atoms with Gasteiger partial charge in [-0.2, -0.15) is 0 Å². The van der Waals surface area contributed by atoms with Gasteiger partial charge in [0.15, 0.2) is 5.60 Å². The molecular weight excluding hydrogens is 420 g/mol. The maximum atomic E-state index is 11.4. The Bertz CT molecular complexity index is 817. The smallest absolute Gasteiger partial charge is 0.308 e. The standard InChI is InChI=1S/C31H50O3/c1-11-31(10,34-29-21-25(6)30(33-28(9)32)27(8)26(29)7)20-14-19-24(5)18-13-17-23(4)16-12-15-22(2)3/h1,21-24H,12-20H2,2-10H3/t23-,24-,31+/m1/s1. The Hall–Kier alpha value is -1.95. The Labute approximate surface area is 210 Å². The Kier molecular flexibility index (Phi) is 12.8. The lowest BCUT2D eigenvalue weighted by Gasteiger charge is -2.28. The molecule has 0 aliphatic heterocycles. The molecule has 0 saturated carbocycles. The van der Waals surface area contributed by atoms with Crippen LogP contribution in [0.4, 0.5) is 0 Å². The van der Waals surface area contributed by atoms with Gasteiger partial charge in [0.05, 0.1) is 0 Å². The molecule has 3 nitrogen and oxygen atoms in total. The molecule has 0 heterocycles. The largest absolute Gasteiger partial charge is 0.475 e. The Balaban J connectivity index is 2.55. The first-order chi connectivity index (χ1) is 15.9. The molecule has 0 spiro atoms. The number of ether oxygens (including phenoxy) is 2. The first-order valence-corrected chi connectivity index (χ1v) is 13.3. The average molecular weight is 471 g/mol. The number of hydrogen-bond acceptors (Lipinski definition) is 3. The van der Waals surface area contributed by atoms with Gasteiger partial charge in [0.25, 0.3) is 0 Å². The average Bonchev–Trinajstić information content (AvgIpc) is 2.74. The zero-order chi connectivity index (χ0) is 25.9. The number of aryl methyl sites for hydroxylation is 1. The van der Waals surface area contributed by atoms with E-state index in [1.165, 1.54) is 51.9 Å². The van der Waals surface area contributed by atoms with Gasteiger partial charge in [0.1, 0.15) is 11.5 Å². The molecule has 0 fully saturated rings. The molecule has 3 heteroatoms. The van der Waals surface area contributed by atoms with Crippen LogP contribution < -0.4 is 9.47 Å². The minimum atomic E-state index is -0.656. The monoisotopic (exact) mass is 470 g/mol. The number of carbonyl (C=O) groups is 1. The van der Waals surface area contributed by atoms with Crippen molar-refractivity contribution in [2.75, 3.05) is 0 Å². The number of esters is 1. The van der Waals surface area contributed by atoms with Crippen LogP contribution in [0.5, 0.6) is 11.5 Å². The predicted molar refractivity (Wildman–Crippen MR) is 145 cm³/mol. The lowest BCUT2D eigenvalue weighted by molar-refractivity contribution is -0.132. The van der Waals surface area contributed by atoms with Crippen LogP contribution in [0.15, 0.2) is 6.07 Å². The normalized spacial score (nSPS) is 14.9. The number of hydrogen-bond donors (Lipinski definition) is 0. The second kappa shape index (κ2) is 14.4. The fourth-order valence-electron chi connectivity index (χ4n) is 4.59. The molecule has 0 unspecified atom stereocenters. The van der Waals surface area contributed by atoms with Crippen molar-refractivity contribution in [2.45, 2.75) is 126 Å². The van der Waals surface area contributed by atoms with Crippen LogP contribution in [0, 0.1) is 50.9 Å². The molecule has 1 rings (SSSR count). The molecular formula is C31H50O3. The molecule has 1 aromatic carbocycles. The number of terminal acetylenes is 1. The maximum Gasteiger partial charge on any atom is 0.308 e. The Morgan fingerprint density at radius 3 is 1.97 bits per heavy atom. The summed E-state index contributed by atoms with van der Waals surface area (Å²) in [5.41, 5.74) is 2.09. The van der Waals surface area contributed by atoms with Crippen LogP contribution in [0.1, 0.15) is 116 Å². The summed E-state index contributed by atoms with van der Waals surface area (Å²) in [7, 11) is 0. The van der Waals surface area contributed by atoms with Crippen molar-refractivity contribution < 1.29 is 14.3 Å². The summed E-state index contributed by atoms with van der Waals surface area (Å²) in [6.45, 7) is 18.7. The minimum Gasteiger partial charge on any atom is -0.475 e. The van der Waals surface area contributed by atoms with Crippen molar-refractivity contribution in [1.82, 2.24) is 0 Å². The molecule has 34 heavy (non-hydrogen) atoms. The van der Waals surface area contributed by atoms with Crippen LogP contribution >= 0.6 is 0 Å². The first-order valence-electron chi connectivity index (χ1n) is 13.3. The number of carbonyl (C=O) groups excluding carboxylic acids is 1. The van der Waals surface area contributed by atoms with Crippen LogP contribution in [0.3, 0.4) is 0 Å². The van der Waals surface area contributed by atoms with Gasteiger partial charge in [0.2, 0.25) is 0 Å². The lowest BCUT2D eigenvalue weighted by Crippen LogP contribution is -2.31. The first kappa shape index (κ1) is 30.1. The van der Waals surface area contributed by atoms with E-state index in [1.54, 1.807) is 0 Å². The molecule has 0 amide bonds. The van der Waals surface area contributed by atoms with E-state index >= 15 is 0 Å². The van der Waals surface area contributed by atoms with Crippen LogP contribution in [0.2, 0.25) is 0 Å². The highest BCUT2D eigenvalue weighted by Gasteiger charge is 2.26. The molecule has 192 valence electrons. The van der Waals surface area contributed by atoms with Gasteiger partial charge in [-0.25, -0.2) is 0 Å². The summed E-state index contributed by atoms with van der Waals surface area (Å²) in [6.07, 6.45) is 17.0. The summed E-state index contributed by atoms with van der Waals surface area (Å²) >= 11 is 0. The van der Waals surface area contributed by atoms with E-state index in [-0.39, 0.29) is 5.97 Å². The van der Waals surface area contributed by atoms with E-state index < -0.39 is 5.60 Å². The highest BCUT2D eigenvalue weighted by Crippen LogP contribution is 2.36. The third-order valence-corrected chi connectivity index (χ3v) is 7.09. The van der Waals surface area contributed by atoms with Crippen molar-refractivity contribution >= 4 is 5.97 Å². The van der Waals surface area contributed by atoms with Gasteiger partial charge in [-0.05, 0) is 81.0 Å². The van der Waals surface area contributed by atoms with Gasteiger partial charge in [-0.1, -0.05) is 78.6 Å². The Morgan fingerprint density at radius 1 is 0.941 bits per heavy atom. The van der Waals surface area contributed by atoms with E-state index in [9.17, 15) is 4.79 Å². The van der Waals surface area contributed by atoms with Gasteiger partial charge >= 0.3 is 5.97 Å². The van der Waals surface area contributed by atoms with Crippen LogP contribution in [-0.4, -0.2) is 11.6 Å². The van der Waals surface area contributed by atoms with E-state index in [2.05, 4.69) is 33.6 Å². The molecule has 0 N–H and O–H groups in total. The molecule has 0 bridgehead atoms. The van der Waals surface area contributed by atoms with Crippen molar-refractivity contribution in [3.63, 3.8) is 0 Å². The topological polar surface area (TPSA) is 35.5 Å². The predicted octanol–water partition coefficient (Wildman–Crippen LogP) is 8.75. The zero-order valence-electron chi connectivity index (χ0n) is 23.5.